The Hall–Kier alpha value is -2.79. The predicted molar refractivity (Wildman–Crippen MR) is 132 cm³/mol. The highest BCUT2D eigenvalue weighted by Gasteiger charge is 2.19. The molecule has 3 aromatic rings. The number of anilines is 4. The zero-order valence-electron chi connectivity index (χ0n) is 25.7. The van der Waals surface area contributed by atoms with Crippen molar-refractivity contribution < 1.29 is 20.9 Å². The van der Waals surface area contributed by atoms with E-state index in [4.69, 9.17) is 22.6 Å². The van der Waals surface area contributed by atoms with E-state index in [1.165, 1.54) is 17.2 Å². The van der Waals surface area contributed by atoms with Crippen LogP contribution in [0.5, 0.6) is 0 Å². The molecule has 1 fully saturated rings. The van der Waals surface area contributed by atoms with Gasteiger partial charge in [-0.2, -0.15) is 0 Å². The van der Waals surface area contributed by atoms with Gasteiger partial charge in [-0.05, 0) is 25.5 Å². The molecule has 1 aromatic carbocycles. The first-order chi connectivity index (χ1) is 18.8. The molecular weight excluding hydrogens is 462 g/mol. The number of halogens is 1. The third kappa shape index (κ3) is 5.77. The van der Waals surface area contributed by atoms with E-state index in [0.29, 0.717) is 15.8 Å². The third-order valence-corrected chi connectivity index (χ3v) is 5.80. The number of thiazole rings is 1. The Morgan fingerprint density at radius 1 is 1.33 bits per heavy atom. The van der Waals surface area contributed by atoms with Crippen LogP contribution in [0.4, 0.5) is 22.5 Å². The number of hydrogen-bond acceptors (Lipinski definition) is 9. The van der Waals surface area contributed by atoms with Gasteiger partial charge in [0.25, 0.3) is 5.91 Å². The fourth-order valence-corrected chi connectivity index (χ4v) is 3.99. The lowest BCUT2D eigenvalue weighted by molar-refractivity contribution is 0.103. The molecule has 1 aliphatic rings. The first-order valence-electron chi connectivity index (χ1n) is 13.7. The molecule has 1 amide bonds. The second-order valence-electron chi connectivity index (χ2n) is 6.93. The van der Waals surface area contributed by atoms with Crippen molar-refractivity contribution >= 4 is 51.3 Å². The van der Waals surface area contributed by atoms with E-state index in [2.05, 4.69) is 25.6 Å². The van der Waals surface area contributed by atoms with E-state index >= 15 is 0 Å². The van der Waals surface area contributed by atoms with E-state index < -0.39 is 45.0 Å². The number of piperazine rings is 1. The fourth-order valence-electron chi connectivity index (χ4n) is 3.00. The van der Waals surface area contributed by atoms with Crippen molar-refractivity contribution in [1.82, 2.24) is 19.9 Å². The summed E-state index contributed by atoms with van der Waals surface area (Å²) in [6.07, 6.45) is 1.37. The summed E-state index contributed by atoms with van der Waals surface area (Å²) < 4.78 is 64.2. The van der Waals surface area contributed by atoms with Gasteiger partial charge in [-0.1, -0.05) is 35.1 Å². The average molecular weight is 496 g/mol. The number of hydrogen-bond donors (Lipinski definition) is 3. The van der Waals surface area contributed by atoms with Crippen LogP contribution in [0.25, 0.3) is 0 Å². The fraction of sp³-hybridized carbons (Fsp3) is 0.364. The first-order valence-corrected chi connectivity index (χ1v) is 10.9. The van der Waals surface area contributed by atoms with Crippen LogP contribution in [0.3, 0.4) is 0 Å². The van der Waals surface area contributed by atoms with Crippen molar-refractivity contribution in [3.63, 3.8) is 0 Å². The van der Waals surface area contributed by atoms with Gasteiger partial charge >= 0.3 is 0 Å². The lowest BCUT2D eigenvalue weighted by Gasteiger charge is -2.35. The number of amides is 1. The summed E-state index contributed by atoms with van der Waals surface area (Å²) >= 11 is 7.24. The topological polar surface area (TPSA) is 107 Å². The number of carbonyl (C=O) groups is 1. The summed E-state index contributed by atoms with van der Waals surface area (Å²) in [5.74, 6) is 0.171. The number of nitrogens with zero attached hydrogens (tertiary/aromatic N) is 5. The SMILES string of the molecule is [2H]C1([2H])CN(c2cc(Nc3ncc(C(=O)Nc4c(C)cccc4Cl)s3)nc(C)n2)CC([2H])([2H])N1C([2H])([2H])C([2H])([2H])O. The van der Waals surface area contributed by atoms with Crippen molar-refractivity contribution in [1.29, 1.82) is 0 Å². The maximum absolute atomic E-state index is 12.8. The van der Waals surface area contributed by atoms with Gasteiger partial charge in [-0.25, -0.2) is 15.0 Å². The lowest BCUT2D eigenvalue weighted by Crippen LogP contribution is -2.47. The minimum absolute atomic E-state index is 0.0724. The molecule has 2 aromatic heterocycles. The molecule has 0 unspecified atom stereocenters. The van der Waals surface area contributed by atoms with Gasteiger partial charge in [0.05, 0.1) is 26.2 Å². The number of nitrogens with one attached hydrogen (secondary N) is 2. The molecule has 0 atom stereocenters. The highest BCUT2D eigenvalue weighted by atomic mass is 35.5. The van der Waals surface area contributed by atoms with Gasteiger partial charge in [-0.3, -0.25) is 9.69 Å². The highest BCUT2D eigenvalue weighted by molar-refractivity contribution is 7.17. The van der Waals surface area contributed by atoms with E-state index in [-0.39, 0.29) is 27.2 Å². The van der Waals surface area contributed by atoms with Crippen LogP contribution < -0.4 is 15.5 Å². The Labute approximate surface area is 212 Å². The van der Waals surface area contributed by atoms with Crippen LogP contribution in [-0.4, -0.2) is 70.0 Å². The van der Waals surface area contributed by atoms with Crippen molar-refractivity contribution in [3.05, 3.63) is 51.7 Å². The van der Waals surface area contributed by atoms with Gasteiger partial charge < -0.3 is 20.6 Å². The number of β-amino-alcohol motifs (C(OH)–C–C–N with tert-alkyl or cyclic N) is 1. The molecule has 3 N–H and O–H groups in total. The number of rotatable bonds is 7. The summed E-state index contributed by atoms with van der Waals surface area (Å²) in [5, 5.41) is 16.1. The number of benzene rings is 1. The molecular formula is C22H26ClN7O2S. The summed E-state index contributed by atoms with van der Waals surface area (Å²) in [6, 6.07) is 6.67. The molecule has 1 saturated heterocycles. The summed E-state index contributed by atoms with van der Waals surface area (Å²) in [7, 11) is 0. The molecule has 9 nitrogen and oxygen atoms in total. The van der Waals surface area contributed by atoms with Gasteiger partial charge in [0.15, 0.2) is 5.13 Å². The quantitative estimate of drug-likeness (QED) is 0.458. The molecule has 1 aliphatic heterocycles. The Morgan fingerprint density at radius 3 is 2.85 bits per heavy atom. The van der Waals surface area contributed by atoms with E-state index in [1.807, 2.05) is 13.0 Å². The molecule has 0 saturated carbocycles. The van der Waals surface area contributed by atoms with Crippen LogP contribution in [-0.2, 0) is 0 Å². The molecule has 0 spiro atoms. The van der Waals surface area contributed by atoms with E-state index in [1.54, 1.807) is 19.1 Å². The molecule has 0 radical (unpaired) electrons. The molecule has 11 heteroatoms. The van der Waals surface area contributed by atoms with Crippen molar-refractivity contribution in [3.8, 4) is 0 Å². The first kappa shape index (κ1) is 15.2. The largest absolute Gasteiger partial charge is 0.395 e. The second-order valence-corrected chi connectivity index (χ2v) is 8.37. The predicted octanol–water partition coefficient (Wildman–Crippen LogP) is 3.31. The van der Waals surface area contributed by atoms with Gasteiger partial charge in [0, 0.05) is 46.9 Å². The number of aliphatic hydroxyl groups is 1. The average Bonchev–Trinajstić information content (AvgIpc) is 3.27. The molecule has 0 bridgehead atoms. The van der Waals surface area contributed by atoms with E-state index in [0.717, 1.165) is 16.9 Å². The lowest BCUT2D eigenvalue weighted by atomic mass is 10.2. The van der Waals surface area contributed by atoms with E-state index in [9.17, 15) is 9.90 Å². The zero-order chi connectivity index (χ0) is 30.5. The van der Waals surface area contributed by atoms with Crippen LogP contribution in [0.2, 0.25) is 5.02 Å². The molecule has 4 rings (SSSR count). The normalized spacial score (nSPS) is 21.9. The molecule has 3 heterocycles. The number of carbonyl (C=O) groups excluding carboxylic acids is 1. The maximum atomic E-state index is 12.8. The third-order valence-electron chi connectivity index (χ3n) is 4.57. The van der Waals surface area contributed by atoms with Crippen molar-refractivity contribution in [2.24, 2.45) is 0 Å². The second kappa shape index (κ2) is 10.4. The minimum atomic E-state index is -3.55. The Kier molecular flexibility index (Phi) is 4.80. The Balaban J connectivity index is 1.55. The zero-order valence-corrected chi connectivity index (χ0v) is 19.3. The monoisotopic (exact) mass is 495 g/mol. The molecule has 174 valence electrons. The number of para-hydroxylation sites is 1. The van der Waals surface area contributed by atoms with Crippen LogP contribution in [0.1, 0.15) is 32.0 Å². The minimum Gasteiger partial charge on any atom is -0.395 e. The number of aromatic nitrogens is 3. The van der Waals surface area contributed by atoms with Crippen LogP contribution >= 0.6 is 22.9 Å². The smallest absolute Gasteiger partial charge is 0.267 e. The van der Waals surface area contributed by atoms with Gasteiger partial charge in [0.2, 0.25) is 0 Å². The standard InChI is InChI=1S/C22H26ClN7O2S/c1-14-4-3-5-16(23)20(14)28-21(32)17-13-24-22(33-17)27-18-12-19(26-15(2)25-18)30-8-6-29(7-9-30)10-11-31/h3-5,12-13,31H,6-11H2,1-2H3,(H,28,32)(H,24,25,26,27)/i6D2,7D2,10D2,11D2. The van der Waals surface area contributed by atoms with Crippen molar-refractivity contribution in [2.45, 2.75) is 13.8 Å². The maximum Gasteiger partial charge on any atom is 0.267 e. The van der Waals surface area contributed by atoms with Gasteiger partial charge in [0.1, 0.15) is 22.3 Å². The van der Waals surface area contributed by atoms with Crippen LogP contribution in [0.15, 0.2) is 30.5 Å². The van der Waals surface area contributed by atoms with Crippen LogP contribution in [0, 0.1) is 13.8 Å². The Bertz CT molecular complexity index is 1430. The molecule has 0 aliphatic carbocycles. The molecule has 33 heavy (non-hydrogen) atoms. The number of aryl methyl sites for hydroxylation is 2. The summed E-state index contributed by atoms with van der Waals surface area (Å²) in [6.45, 7) is -10.3. The highest BCUT2D eigenvalue weighted by Crippen LogP contribution is 2.28. The van der Waals surface area contributed by atoms with Crippen molar-refractivity contribution in [2.75, 3.05) is 54.7 Å². The summed E-state index contributed by atoms with van der Waals surface area (Å²) in [4.78, 5) is 27.2. The Morgan fingerprint density at radius 2 is 2.12 bits per heavy atom. The summed E-state index contributed by atoms with van der Waals surface area (Å²) in [5.41, 5.74) is 1.28. The van der Waals surface area contributed by atoms with Gasteiger partial charge in [-0.15, -0.1) is 0 Å².